The number of hydrogen-bond donors (Lipinski definition) is 1. The summed E-state index contributed by atoms with van der Waals surface area (Å²) >= 11 is 3.68. The van der Waals surface area contributed by atoms with Gasteiger partial charge in [-0.05, 0) is 58.8 Å². The van der Waals surface area contributed by atoms with Crippen LogP contribution in [0.25, 0.3) is 0 Å². The highest BCUT2D eigenvalue weighted by Crippen LogP contribution is 2.35. The monoisotopic (exact) mass is 310 g/mol. The maximum absolute atomic E-state index is 5.91. The standard InChI is InChI=1S/C15H23BrN2/c1-11(17)12-4-5-14(13(16)10-12)18-8-6-15(2,3)7-9-18/h4-5,10-11H,6-9,17H2,1-3H3. The average Bonchev–Trinajstić information content (AvgIpc) is 2.29. The quantitative estimate of drug-likeness (QED) is 0.891. The maximum atomic E-state index is 5.91. The minimum Gasteiger partial charge on any atom is -0.371 e. The molecule has 0 aromatic heterocycles. The predicted molar refractivity (Wildman–Crippen MR) is 82.0 cm³/mol. The van der Waals surface area contributed by atoms with Gasteiger partial charge in [-0.3, -0.25) is 0 Å². The van der Waals surface area contributed by atoms with E-state index in [0.29, 0.717) is 5.41 Å². The second kappa shape index (κ2) is 5.22. The number of nitrogens with zero attached hydrogens (tertiary/aromatic N) is 1. The van der Waals surface area contributed by atoms with Gasteiger partial charge in [-0.2, -0.15) is 0 Å². The lowest BCUT2D eigenvalue weighted by Gasteiger charge is -2.38. The lowest BCUT2D eigenvalue weighted by atomic mass is 9.82. The first kappa shape index (κ1) is 13.9. The predicted octanol–water partition coefficient (Wildman–Crippen LogP) is 4.10. The van der Waals surface area contributed by atoms with Gasteiger partial charge in [-0.15, -0.1) is 0 Å². The Labute approximate surface area is 119 Å². The fourth-order valence-electron chi connectivity index (χ4n) is 2.42. The summed E-state index contributed by atoms with van der Waals surface area (Å²) in [5.41, 5.74) is 8.89. The zero-order valence-corrected chi connectivity index (χ0v) is 13.1. The molecule has 2 N–H and O–H groups in total. The normalized spacial score (nSPS) is 20.8. The first-order valence-corrected chi connectivity index (χ1v) is 7.48. The van der Waals surface area contributed by atoms with Gasteiger partial charge in [0.15, 0.2) is 0 Å². The Hall–Kier alpha value is -0.540. The van der Waals surface area contributed by atoms with Crippen molar-refractivity contribution in [3.63, 3.8) is 0 Å². The van der Waals surface area contributed by atoms with Crippen molar-refractivity contribution in [1.29, 1.82) is 0 Å². The number of anilines is 1. The zero-order chi connectivity index (χ0) is 13.3. The summed E-state index contributed by atoms with van der Waals surface area (Å²) in [6.45, 7) is 9.02. The van der Waals surface area contributed by atoms with Crippen molar-refractivity contribution in [2.75, 3.05) is 18.0 Å². The van der Waals surface area contributed by atoms with E-state index >= 15 is 0 Å². The highest BCUT2D eigenvalue weighted by molar-refractivity contribution is 9.10. The van der Waals surface area contributed by atoms with Crippen LogP contribution >= 0.6 is 15.9 Å². The molecule has 1 heterocycles. The van der Waals surface area contributed by atoms with Crippen molar-refractivity contribution in [2.24, 2.45) is 11.1 Å². The van der Waals surface area contributed by atoms with Crippen LogP contribution in [0.5, 0.6) is 0 Å². The van der Waals surface area contributed by atoms with Crippen LogP contribution in [0.4, 0.5) is 5.69 Å². The fourth-order valence-corrected chi connectivity index (χ4v) is 3.06. The molecule has 1 aromatic rings. The molecule has 0 saturated carbocycles. The van der Waals surface area contributed by atoms with E-state index in [-0.39, 0.29) is 6.04 Å². The molecule has 3 heteroatoms. The molecule has 1 atom stereocenters. The molecule has 0 aliphatic carbocycles. The zero-order valence-electron chi connectivity index (χ0n) is 11.5. The van der Waals surface area contributed by atoms with Crippen LogP contribution in [-0.2, 0) is 0 Å². The van der Waals surface area contributed by atoms with E-state index in [2.05, 4.69) is 52.9 Å². The first-order valence-electron chi connectivity index (χ1n) is 6.69. The Bertz CT molecular complexity index is 417. The van der Waals surface area contributed by atoms with Gasteiger partial charge in [0, 0.05) is 23.6 Å². The van der Waals surface area contributed by atoms with Gasteiger partial charge >= 0.3 is 0 Å². The average molecular weight is 311 g/mol. The molecule has 2 rings (SSSR count). The minimum absolute atomic E-state index is 0.0932. The molecule has 0 radical (unpaired) electrons. The van der Waals surface area contributed by atoms with Crippen LogP contribution in [0.3, 0.4) is 0 Å². The van der Waals surface area contributed by atoms with Crippen LogP contribution in [0, 0.1) is 5.41 Å². The topological polar surface area (TPSA) is 29.3 Å². The molecule has 1 unspecified atom stereocenters. The Morgan fingerprint density at radius 3 is 2.39 bits per heavy atom. The number of nitrogens with two attached hydrogens (primary N) is 1. The number of halogens is 1. The molecule has 1 aromatic carbocycles. The van der Waals surface area contributed by atoms with Crippen molar-refractivity contribution in [3.8, 4) is 0 Å². The number of benzene rings is 1. The molecule has 1 aliphatic rings. The summed E-state index contributed by atoms with van der Waals surface area (Å²) in [6, 6.07) is 6.58. The Morgan fingerprint density at radius 2 is 1.89 bits per heavy atom. The third kappa shape index (κ3) is 3.07. The molecule has 0 spiro atoms. The van der Waals surface area contributed by atoms with E-state index in [1.807, 2.05) is 6.92 Å². The molecule has 1 saturated heterocycles. The molecule has 100 valence electrons. The summed E-state index contributed by atoms with van der Waals surface area (Å²) in [5, 5.41) is 0. The van der Waals surface area contributed by atoms with E-state index in [9.17, 15) is 0 Å². The van der Waals surface area contributed by atoms with E-state index in [1.165, 1.54) is 24.1 Å². The van der Waals surface area contributed by atoms with Gasteiger partial charge in [0.2, 0.25) is 0 Å². The Balaban J connectivity index is 2.15. The maximum Gasteiger partial charge on any atom is 0.0510 e. The second-order valence-corrected chi connectivity index (χ2v) is 7.01. The molecule has 2 nitrogen and oxygen atoms in total. The summed E-state index contributed by atoms with van der Waals surface area (Å²) in [5.74, 6) is 0. The summed E-state index contributed by atoms with van der Waals surface area (Å²) in [7, 11) is 0. The van der Waals surface area contributed by atoms with Crippen molar-refractivity contribution < 1.29 is 0 Å². The lowest BCUT2D eigenvalue weighted by molar-refractivity contribution is 0.279. The Morgan fingerprint density at radius 1 is 1.28 bits per heavy atom. The molecular weight excluding hydrogens is 288 g/mol. The van der Waals surface area contributed by atoms with E-state index in [0.717, 1.165) is 17.6 Å². The van der Waals surface area contributed by atoms with Gasteiger partial charge in [-0.25, -0.2) is 0 Å². The third-order valence-electron chi connectivity index (χ3n) is 3.96. The van der Waals surface area contributed by atoms with E-state index in [4.69, 9.17) is 5.73 Å². The largest absolute Gasteiger partial charge is 0.371 e. The lowest BCUT2D eigenvalue weighted by Crippen LogP contribution is -2.37. The van der Waals surface area contributed by atoms with Crippen molar-refractivity contribution >= 4 is 21.6 Å². The van der Waals surface area contributed by atoms with Crippen molar-refractivity contribution in [2.45, 2.75) is 39.7 Å². The molecular formula is C15H23BrN2. The fraction of sp³-hybridized carbons (Fsp3) is 0.600. The third-order valence-corrected chi connectivity index (χ3v) is 4.59. The smallest absolute Gasteiger partial charge is 0.0510 e. The van der Waals surface area contributed by atoms with Crippen molar-refractivity contribution in [3.05, 3.63) is 28.2 Å². The molecule has 18 heavy (non-hydrogen) atoms. The van der Waals surface area contributed by atoms with Gasteiger partial charge in [0.1, 0.15) is 0 Å². The highest BCUT2D eigenvalue weighted by Gasteiger charge is 2.26. The highest BCUT2D eigenvalue weighted by atomic mass is 79.9. The van der Waals surface area contributed by atoms with Crippen molar-refractivity contribution in [1.82, 2.24) is 0 Å². The second-order valence-electron chi connectivity index (χ2n) is 6.15. The number of hydrogen-bond acceptors (Lipinski definition) is 2. The van der Waals surface area contributed by atoms with Gasteiger partial charge in [-0.1, -0.05) is 19.9 Å². The minimum atomic E-state index is 0.0932. The van der Waals surface area contributed by atoms with Crippen LogP contribution in [0.1, 0.15) is 45.2 Å². The first-order chi connectivity index (χ1) is 8.39. The van der Waals surface area contributed by atoms with Crippen LogP contribution < -0.4 is 10.6 Å². The summed E-state index contributed by atoms with van der Waals surface area (Å²) < 4.78 is 1.16. The summed E-state index contributed by atoms with van der Waals surface area (Å²) in [4.78, 5) is 2.47. The molecule has 0 bridgehead atoms. The van der Waals surface area contributed by atoms with Crippen LogP contribution in [0.2, 0.25) is 0 Å². The number of piperidine rings is 1. The van der Waals surface area contributed by atoms with Gasteiger partial charge in [0.25, 0.3) is 0 Å². The molecule has 0 amide bonds. The van der Waals surface area contributed by atoms with E-state index in [1.54, 1.807) is 0 Å². The number of rotatable bonds is 2. The van der Waals surface area contributed by atoms with Gasteiger partial charge in [0.05, 0.1) is 5.69 Å². The molecule has 1 aliphatic heterocycles. The van der Waals surface area contributed by atoms with Gasteiger partial charge < -0.3 is 10.6 Å². The molecule has 1 fully saturated rings. The SMILES string of the molecule is CC(N)c1ccc(N2CCC(C)(C)CC2)c(Br)c1. The van der Waals surface area contributed by atoms with Crippen LogP contribution in [-0.4, -0.2) is 13.1 Å². The van der Waals surface area contributed by atoms with Crippen LogP contribution in [0.15, 0.2) is 22.7 Å². The Kier molecular flexibility index (Phi) is 4.02. The summed E-state index contributed by atoms with van der Waals surface area (Å²) in [6.07, 6.45) is 2.52. The van der Waals surface area contributed by atoms with E-state index < -0.39 is 0 Å².